The molecule has 104 valence electrons. The number of nitrogens with one attached hydrogen (secondary N) is 2. The Labute approximate surface area is 114 Å². The zero-order chi connectivity index (χ0) is 13.7. The van der Waals surface area contributed by atoms with Gasteiger partial charge in [0, 0.05) is 5.69 Å². The molecule has 1 saturated heterocycles. The van der Waals surface area contributed by atoms with Crippen LogP contribution in [0.15, 0.2) is 18.2 Å². The fourth-order valence-electron chi connectivity index (χ4n) is 2.24. The van der Waals surface area contributed by atoms with Crippen LogP contribution in [0.5, 0.6) is 0 Å². The zero-order valence-corrected chi connectivity index (χ0v) is 11.8. The van der Waals surface area contributed by atoms with Crippen LogP contribution >= 0.6 is 0 Å². The van der Waals surface area contributed by atoms with Crippen molar-refractivity contribution in [3.05, 3.63) is 29.3 Å². The summed E-state index contributed by atoms with van der Waals surface area (Å²) in [7, 11) is 0. The molecule has 1 aromatic carbocycles. The summed E-state index contributed by atoms with van der Waals surface area (Å²) < 4.78 is 5.31. The molecule has 0 radical (unpaired) electrons. The van der Waals surface area contributed by atoms with Gasteiger partial charge in [0.1, 0.15) is 13.1 Å². The molecular weight excluding hydrogens is 240 g/mol. The SMILES string of the molecule is Cc1ccc(NC(=O)CC[NH+]2CCOCC2)cc1C. The first-order valence-corrected chi connectivity index (χ1v) is 6.93. The van der Waals surface area contributed by atoms with Crippen LogP contribution in [0.2, 0.25) is 0 Å². The molecule has 1 heterocycles. The minimum Gasteiger partial charge on any atom is -0.370 e. The molecule has 0 aromatic heterocycles. The Morgan fingerprint density at radius 2 is 2.00 bits per heavy atom. The van der Waals surface area contributed by atoms with Gasteiger partial charge in [0.15, 0.2) is 0 Å². The molecule has 0 saturated carbocycles. The molecule has 19 heavy (non-hydrogen) atoms. The number of carbonyl (C=O) groups is 1. The van der Waals surface area contributed by atoms with Crippen molar-refractivity contribution in [1.82, 2.24) is 0 Å². The van der Waals surface area contributed by atoms with Gasteiger partial charge in [-0.1, -0.05) is 6.07 Å². The van der Waals surface area contributed by atoms with Crippen molar-refractivity contribution in [3.8, 4) is 0 Å². The fourth-order valence-corrected chi connectivity index (χ4v) is 2.24. The number of anilines is 1. The van der Waals surface area contributed by atoms with E-state index in [1.807, 2.05) is 18.2 Å². The number of rotatable bonds is 4. The number of hydrogen-bond donors (Lipinski definition) is 2. The van der Waals surface area contributed by atoms with Gasteiger partial charge in [0.2, 0.25) is 5.91 Å². The van der Waals surface area contributed by atoms with E-state index in [1.54, 1.807) is 0 Å². The molecule has 4 nitrogen and oxygen atoms in total. The van der Waals surface area contributed by atoms with Gasteiger partial charge in [-0.15, -0.1) is 0 Å². The minimum absolute atomic E-state index is 0.0993. The molecule has 1 aliphatic heterocycles. The highest BCUT2D eigenvalue weighted by atomic mass is 16.5. The maximum absolute atomic E-state index is 11.9. The van der Waals surface area contributed by atoms with Crippen LogP contribution in [0.25, 0.3) is 0 Å². The number of benzene rings is 1. The highest BCUT2D eigenvalue weighted by molar-refractivity contribution is 5.90. The molecule has 1 fully saturated rings. The fraction of sp³-hybridized carbons (Fsp3) is 0.533. The van der Waals surface area contributed by atoms with Crippen molar-refractivity contribution in [1.29, 1.82) is 0 Å². The number of hydrogen-bond acceptors (Lipinski definition) is 2. The summed E-state index contributed by atoms with van der Waals surface area (Å²) >= 11 is 0. The number of carbonyl (C=O) groups excluding carboxylic acids is 1. The Morgan fingerprint density at radius 1 is 1.26 bits per heavy atom. The van der Waals surface area contributed by atoms with Crippen LogP contribution in [0.3, 0.4) is 0 Å². The lowest BCUT2D eigenvalue weighted by Crippen LogP contribution is -3.14. The van der Waals surface area contributed by atoms with Crippen molar-refractivity contribution >= 4 is 11.6 Å². The average Bonchev–Trinajstić information content (AvgIpc) is 2.42. The third kappa shape index (κ3) is 4.33. The normalized spacial score (nSPS) is 16.3. The predicted molar refractivity (Wildman–Crippen MR) is 75.5 cm³/mol. The molecule has 1 aliphatic rings. The molecule has 0 unspecified atom stereocenters. The van der Waals surface area contributed by atoms with Crippen molar-refractivity contribution < 1.29 is 14.4 Å². The van der Waals surface area contributed by atoms with Gasteiger partial charge in [-0.3, -0.25) is 4.79 Å². The van der Waals surface area contributed by atoms with Crippen LogP contribution in [0, 0.1) is 13.8 Å². The van der Waals surface area contributed by atoms with Crippen LogP contribution in [-0.2, 0) is 9.53 Å². The van der Waals surface area contributed by atoms with E-state index in [1.165, 1.54) is 16.0 Å². The van der Waals surface area contributed by atoms with E-state index in [-0.39, 0.29) is 5.91 Å². The van der Waals surface area contributed by atoms with Gasteiger partial charge >= 0.3 is 0 Å². The van der Waals surface area contributed by atoms with Crippen LogP contribution in [-0.4, -0.2) is 38.8 Å². The summed E-state index contributed by atoms with van der Waals surface area (Å²) in [4.78, 5) is 13.4. The standard InChI is InChI=1S/C15H22N2O2/c1-12-3-4-14(11-13(12)2)16-15(18)5-6-17-7-9-19-10-8-17/h3-4,11H,5-10H2,1-2H3,(H,16,18)/p+1. The Balaban J connectivity index is 1.78. The summed E-state index contributed by atoms with van der Waals surface area (Å²) in [6, 6.07) is 6.02. The number of ether oxygens (including phenoxy) is 1. The predicted octanol–water partition coefficient (Wildman–Crippen LogP) is 0.547. The van der Waals surface area contributed by atoms with E-state index in [0.717, 1.165) is 38.5 Å². The molecule has 0 bridgehead atoms. The lowest BCUT2D eigenvalue weighted by Gasteiger charge is -2.23. The van der Waals surface area contributed by atoms with Crippen molar-refractivity contribution in [2.24, 2.45) is 0 Å². The lowest BCUT2D eigenvalue weighted by atomic mass is 10.1. The molecule has 2 N–H and O–H groups in total. The number of quaternary nitrogens is 1. The highest BCUT2D eigenvalue weighted by Crippen LogP contribution is 2.14. The van der Waals surface area contributed by atoms with E-state index < -0.39 is 0 Å². The van der Waals surface area contributed by atoms with E-state index in [4.69, 9.17) is 4.74 Å². The topological polar surface area (TPSA) is 42.8 Å². The largest absolute Gasteiger partial charge is 0.370 e. The monoisotopic (exact) mass is 263 g/mol. The van der Waals surface area contributed by atoms with E-state index in [0.29, 0.717) is 6.42 Å². The Morgan fingerprint density at radius 3 is 2.68 bits per heavy atom. The molecule has 0 spiro atoms. The van der Waals surface area contributed by atoms with Crippen LogP contribution in [0.4, 0.5) is 5.69 Å². The van der Waals surface area contributed by atoms with Crippen LogP contribution < -0.4 is 10.2 Å². The smallest absolute Gasteiger partial charge is 0.230 e. The molecule has 4 heteroatoms. The Kier molecular flexibility index (Phi) is 4.93. The summed E-state index contributed by atoms with van der Waals surface area (Å²) in [6.45, 7) is 8.67. The Bertz CT molecular complexity index is 440. The lowest BCUT2D eigenvalue weighted by molar-refractivity contribution is -0.907. The van der Waals surface area contributed by atoms with Gasteiger partial charge in [-0.25, -0.2) is 0 Å². The molecule has 1 aromatic rings. The van der Waals surface area contributed by atoms with E-state index in [2.05, 4.69) is 19.2 Å². The molecule has 2 rings (SSSR count). The first kappa shape index (κ1) is 14.0. The summed E-state index contributed by atoms with van der Waals surface area (Å²) in [5, 5.41) is 2.97. The Hall–Kier alpha value is -1.39. The second-order valence-electron chi connectivity index (χ2n) is 5.21. The first-order chi connectivity index (χ1) is 9.15. The van der Waals surface area contributed by atoms with Crippen molar-refractivity contribution in [2.75, 3.05) is 38.2 Å². The third-order valence-electron chi connectivity index (χ3n) is 3.70. The van der Waals surface area contributed by atoms with Gasteiger partial charge in [-0.05, 0) is 37.1 Å². The van der Waals surface area contributed by atoms with Crippen LogP contribution in [0.1, 0.15) is 17.5 Å². The number of morpholine rings is 1. The van der Waals surface area contributed by atoms with Gasteiger partial charge in [0.05, 0.1) is 26.2 Å². The van der Waals surface area contributed by atoms with E-state index >= 15 is 0 Å². The molecule has 0 atom stereocenters. The summed E-state index contributed by atoms with van der Waals surface area (Å²) in [6.07, 6.45) is 0.572. The van der Waals surface area contributed by atoms with Crippen molar-refractivity contribution in [3.63, 3.8) is 0 Å². The molecular formula is C15H23N2O2+. The second-order valence-corrected chi connectivity index (χ2v) is 5.21. The minimum atomic E-state index is 0.0993. The summed E-state index contributed by atoms with van der Waals surface area (Å²) in [5.41, 5.74) is 3.34. The third-order valence-corrected chi connectivity index (χ3v) is 3.70. The van der Waals surface area contributed by atoms with Gasteiger partial charge < -0.3 is 15.0 Å². The summed E-state index contributed by atoms with van der Waals surface area (Å²) in [5.74, 6) is 0.0993. The maximum Gasteiger partial charge on any atom is 0.230 e. The maximum atomic E-state index is 11.9. The highest BCUT2D eigenvalue weighted by Gasteiger charge is 2.15. The quantitative estimate of drug-likeness (QED) is 0.833. The van der Waals surface area contributed by atoms with Crippen molar-refractivity contribution in [2.45, 2.75) is 20.3 Å². The second kappa shape index (κ2) is 6.68. The first-order valence-electron chi connectivity index (χ1n) is 6.93. The van der Waals surface area contributed by atoms with E-state index in [9.17, 15) is 4.79 Å². The number of amides is 1. The molecule has 0 aliphatic carbocycles. The van der Waals surface area contributed by atoms with Gasteiger partial charge in [-0.2, -0.15) is 0 Å². The zero-order valence-electron chi connectivity index (χ0n) is 11.8. The number of aryl methyl sites for hydroxylation is 2. The average molecular weight is 263 g/mol. The van der Waals surface area contributed by atoms with Gasteiger partial charge in [0.25, 0.3) is 0 Å². The molecule has 1 amide bonds.